The molecule has 1 heterocycles. The summed E-state index contributed by atoms with van der Waals surface area (Å²) in [6, 6.07) is 0. The van der Waals surface area contributed by atoms with Gasteiger partial charge in [0.1, 0.15) is 0 Å². The van der Waals surface area contributed by atoms with Crippen LogP contribution in [0.4, 0.5) is 0 Å². The summed E-state index contributed by atoms with van der Waals surface area (Å²) in [6.07, 6.45) is 5.90. The molecule has 52 valence electrons. The van der Waals surface area contributed by atoms with Gasteiger partial charge in [0.15, 0.2) is 0 Å². The molecule has 0 aromatic carbocycles. The Bertz CT molecular complexity index is 93.1. The van der Waals surface area contributed by atoms with Crippen molar-refractivity contribution in [2.24, 2.45) is 0 Å². The fourth-order valence-electron chi connectivity index (χ4n) is 1.00. The van der Waals surface area contributed by atoms with E-state index in [4.69, 9.17) is 0 Å². The van der Waals surface area contributed by atoms with E-state index in [-0.39, 0.29) is 0 Å². The summed E-state index contributed by atoms with van der Waals surface area (Å²) in [5, 5.41) is 6.66. The highest BCUT2D eigenvalue weighted by Crippen LogP contribution is 1.92. The maximum absolute atomic E-state index is 3.33. The SMILES string of the molecule is C/C=C/CC1NCCN1. The molecule has 0 amide bonds. The summed E-state index contributed by atoms with van der Waals surface area (Å²) in [6.45, 7) is 4.28. The van der Waals surface area contributed by atoms with Crippen molar-refractivity contribution in [3.8, 4) is 0 Å². The van der Waals surface area contributed by atoms with E-state index in [2.05, 4.69) is 29.7 Å². The van der Waals surface area contributed by atoms with Crippen LogP contribution in [0.15, 0.2) is 12.2 Å². The van der Waals surface area contributed by atoms with Crippen molar-refractivity contribution in [3.63, 3.8) is 0 Å². The van der Waals surface area contributed by atoms with Crippen molar-refractivity contribution < 1.29 is 0 Å². The maximum atomic E-state index is 3.33. The van der Waals surface area contributed by atoms with Gasteiger partial charge in [-0.2, -0.15) is 0 Å². The lowest BCUT2D eigenvalue weighted by molar-refractivity contribution is 0.561. The first kappa shape index (κ1) is 6.78. The third-order valence-electron chi connectivity index (χ3n) is 1.51. The van der Waals surface area contributed by atoms with Crippen LogP contribution in [-0.4, -0.2) is 19.3 Å². The molecule has 1 aliphatic heterocycles. The zero-order valence-electron chi connectivity index (χ0n) is 5.85. The van der Waals surface area contributed by atoms with Crippen molar-refractivity contribution in [3.05, 3.63) is 12.2 Å². The molecule has 0 atom stereocenters. The Morgan fingerprint density at radius 3 is 2.67 bits per heavy atom. The summed E-state index contributed by atoms with van der Waals surface area (Å²) >= 11 is 0. The second kappa shape index (κ2) is 3.64. The van der Waals surface area contributed by atoms with Crippen molar-refractivity contribution in [1.29, 1.82) is 0 Å². The van der Waals surface area contributed by atoms with Crippen molar-refractivity contribution in [2.45, 2.75) is 19.5 Å². The number of rotatable bonds is 2. The van der Waals surface area contributed by atoms with Crippen LogP contribution < -0.4 is 10.6 Å². The van der Waals surface area contributed by atoms with Crippen LogP contribution in [-0.2, 0) is 0 Å². The van der Waals surface area contributed by atoms with E-state index in [1.165, 1.54) is 0 Å². The van der Waals surface area contributed by atoms with E-state index < -0.39 is 0 Å². The van der Waals surface area contributed by atoms with Crippen molar-refractivity contribution in [1.82, 2.24) is 10.6 Å². The van der Waals surface area contributed by atoms with Gasteiger partial charge >= 0.3 is 0 Å². The van der Waals surface area contributed by atoms with Gasteiger partial charge in [-0.05, 0) is 13.3 Å². The molecule has 1 fully saturated rings. The van der Waals surface area contributed by atoms with Crippen LogP contribution in [0.3, 0.4) is 0 Å². The summed E-state index contributed by atoms with van der Waals surface area (Å²) in [7, 11) is 0. The molecule has 1 rings (SSSR count). The predicted octanol–water partition coefficient (Wildman–Crippen LogP) is 0.471. The van der Waals surface area contributed by atoms with Crippen LogP contribution in [0.25, 0.3) is 0 Å². The fraction of sp³-hybridized carbons (Fsp3) is 0.714. The Kier molecular flexibility index (Phi) is 2.74. The molecule has 0 saturated carbocycles. The topological polar surface area (TPSA) is 24.1 Å². The standard InChI is InChI=1S/C7H14N2/c1-2-3-4-7-8-5-6-9-7/h2-3,7-9H,4-6H2,1H3/b3-2+. The molecule has 1 aliphatic rings. The molecule has 2 heteroatoms. The maximum Gasteiger partial charge on any atom is 0.0607 e. The molecule has 2 N–H and O–H groups in total. The Balaban J connectivity index is 2.11. The Morgan fingerprint density at radius 2 is 2.11 bits per heavy atom. The zero-order chi connectivity index (χ0) is 6.53. The zero-order valence-corrected chi connectivity index (χ0v) is 5.85. The van der Waals surface area contributed by atoms with Crippen molar-refractivity contribution >= 4 is 0 Å². The summed E-state index contributed by atoms with van der Waals surface area (Å²) < 4.78 is 0. The monoisotopic (exact) mass is 126 g/mol. The Labute approximate surface area is 56.3 Å². The largest absolute Gasteiger partial charge is 0.300 e. The quantitative estimate of drug-likeness (QED) is 0.526. The molecular weight excluding hydrogens is 112 g/mol. The van der Waals surface area contributed by atoms with Gasteiger partial charge in [-0.15, -0.1) is 0 Å². The second-order valence-corrected chi connectivity index (χ2v) is 2.27. The van der Waals surface area contributed by atoms with E-state index >= 15 is 0 Å². The average molecular weight is 126 g/mol. The highest BCUT2D eigenvalue weighted by molar-refractivity contribution is 4.84. The van der Waals surface area contributed by atoms with Gasteiger partial charge in [0.25, 0.3) is 0 Å². The molecule has 0 radical (unpaired) electrons. The molecular formula is C7H14N2. The van der Waals surface area contributed by atoms with Gasteiger partial charge in [0, 0.05) is 13.1 Å². The smallest absolute Gasteiger partial charge is 0.0607 e. The van der Waals surface area contributed by atoms with Crippen LogP contribution in [0.2, 0.25) is 0 Å². The molecule has 0 aromatic heterocycles. The molecule has 0 bridgehead atoms. The molecule has 0 unspecified atom stereocenters. The fourth-order valence-corrected chi connectivity index (χ4v) is 1.00. The minimum Gasteiger partial charge on any atom is -0.300 e. The van der Waals surface area contributed by atoms with Gasteiger partial charge in [-0.25, -0.2) is 0 Å². The van der Waals surface area contributed by atoms with Gasteiger partial charge in [0.05, 0.1) is 6.17 Å². The molecule has 2 nitrogen and oxygen atoms in total. The third kappa shape index (κ3) is 2.16. The van der Waals surface area contributed by atoms with Gasteiger partial charge in [-0.3, -0.25) is 0 Å². The number of nitrogens with one attached hydrogen (secondary N) is 2. The van der Waals surface area contributed by atoms with Crippen LogP contribution in [0.1, 0.15) is 13.3 Å². The second-order valence-electron chi connectivity index (χ2n) is 2.27. The lowest BCUT2D eigenvalue weighted by Crippen LogP contribution is -2.29. The van der Waals surface area contributed by atoms with Crippen LogP contribution >= 0.6 is 0 Å². The number of allylic oxidation sites excluding steroid dienone is 1. The number of hydrogen-bond donors (Lipinski definition) is 2. The molecule has 0 aliphatic carbocycles. The lowest BCUT2D eigenvalue weighted by atomic mass is 10.3. The van der Waals surface area contributed by atoms with E-state index in [1.54, 1.807) is 0 Å². The summed E-state index contributed by atoms with van der Waals surface area (Å²) in [4.78, 5) is 0. The number of hydrogen-bond acceptors (Lipinski definition) is 2. The first-order valence-electron chi connectivity index (χ1n) is 3.51. The Morgan fingerprint density at radius 1 is 1.44 bits per heavy atom. The molecule has 0 aromatic rings. The normalized spacial score (nSPS) is 21.9. The highest BCUT2D eigenvalue weighted by atomic mass is 15.2. The average Bonchev–Trinajstić information content (AvgIpc) is 2.34. The summed E-state index contributed by atoms with van der Waals surface area (Å²) in [5.74, 6) is 0. The van der Waals surface area contributed by atoms with E-state index in [0.717, 1.165) is 19.5 Å². The first-order chi connectivity index (χ1) is 4.43. The molecule has 0 spiro atoms. The molecule has 1 saturated heterocycles. The Hall–Kier alpha value is -0.340. The third-order valence-corrected chi connectivity index (χ3v) is 1.51. The first-order valence-corrected chi connectivity index (χ1v) is 3.51. The van der Waals surface area contributed by atoms with Gasteiger partial charge in [0.2, 0.25) is 0 Å². The minimum atomic E-state index is 0.529. The lowest BCUT2D eigenvalue weighted by Gasteiger charge is -2.05. The van der Waals surface area contributed by atoms with Gasteiger partial charge < -0.3 is 10.6 Å². The predicted molar refractivity (Wildman–Crippen MR) is 39.2 cm³/mol. The minimum absolute atomic E-state index is 0.529. The van der Waals surface area contributed by atoms with Crippen LogP contribution in [0, 0.1) is 0 Å². The molecule has 9 heavy (non-hydrogen) atoms. The van der Waals surface area contributed by atoms with E-state index in [9.17, 15) is 0 Å². The van der Waals surface area contributed by atoms with Crippen LogP contribution in [0.5, 0.6) is 0 Å². The van der Waals surface area contributed by atoms with Crippen molar-refractivity contribution in [2.75, 3.05) is 13.1 Å². The van der Waals surface area contributed by atoms with Gasteiger partial charge in [-0.1, -0.05) is 12.2 Å². The highest BCUT2D eigenvalue weighted by Gasteiger charge is 2.09. The van der Waals surface area contributed by atoms with E-state index in [1.807, 2.05) is 0 Å². The van der Waals surface area contributed by atoms with E-state index in [0.29, 0.717) is 6.17 Å². The summed E-state index contributed by atoms with van der Waals surface area (Å²) in [5.41, 5.74) is 0.